The third-order valence-electron chi connectivity index (χ3n) is 7.39. The van der Waals surface area contributed by atoms with Gasteiger partial charge in [-0.15, -0.1) is 0 Å². The van der Waals surface area contributed by atoms with Gasteiger partial charge in [-0.25, -0.2) is 9.31 Å². The van der Waals surface area contributed by atoms with Crippen LogP contribution < -0.4 is 40.0 Å². The molecule has 7 nitrogen and oxygen atoms in total. The van der Waals surface area contributed by atoms with E-state index in [0.717, 1.165) is 33.3 Å². The molecule has 0 spiro atoms. The number of aliphatic carboxylic acids is 1. The molecule has 40 heavy (non-hydrogen) atoms. The second kappa shape index (κ2) is 11.3. The van der Waals surface area contributed by atoms with E-state index in [9.17, 15) is 14.7 Å². The number of nitrogens with zero attached hydrogens (tertiary/aromatic N) is 2. The SMILES string of the molecule is C[C@@H](OC(=O)Nc1c(-c2ccc(-c3ccc(C4(C(=O)[O-])CC4)cc3)cc2)nn2ccccc12)c1ccccc1.[Na+]. The molecule has 2 aromatic heterocycles. The number of pyridine rings is 1. The van der Waals surface area contributed by atoms with E-state index in [-0.39, 0.29) is 29.6 Å². The van der Waals surface area contributed by atoms with Crippen LogP contribution in [0.5, 0.6) is 0 Å². The molecule has 2 heterocycles. The fourth-order valence-corrected chi connectivity index (χ4v) is 4.95. The maximum atomic E-state index is 12.9. The van der Waals surface area contributed by atoms with Crippen LogP contribution in [0.2, 0.25) is 0 Å². The Kier molecular flexibility index (Phi) is 7.81. The molecule has 1 fully saturated rings. The summed E-state index contributed by atoms with van der Waals surface area (Å²) in [5.74, 6) is -1.00. The van der Waals surface area contributed by atoms with Gasteiger partial charge >= 0.3 is 35.7 Å². The van der Waals surface area contributed by atoms with Gasteiger partial charge in [-0.05, 0) is 54.2 Å². The number of nitrogens with one attached hydrogen (secondary N) is 1. The van der Waals surface area contributed by atoms with Crippen molar-refractivity contribution in [1.29, 1.82) is 0 Å². The van der Waals surface area contributed by atoms with Crippen LogP contribution in [0.4, 0.5) is 10.5 Å². The summed E-state index contributed by atoms with van der Waals surface area (Å²) in [7, 11) is 0. The standard InChI is InChI=1S/C32H27N3O4.Na/c1-21(22-7-3-2-4-8-22)39-31(38)33-29-27-9-5-6-20-35(27)34-28(29)25-12-10-23(11-13-25)24-14-16-26(17-15-24)32(18-19-32)30(36)37;/h2-17,20-21H,18-19H2,1H3,(H,33,38)(H,36,37);/q;+1/p-1/t21-;/m1./s1. The van der Waals surface area contributed by atoms with Gasteiger partial charge in [0.25, 0.3) is 0 Å². The Balaban J connectivity index is 0.00000323. The van der Waals surface area contributed by atoms with Crippen LogP contribution in [-0.4, -0.2) is 21.7 Å². The molecule has 1 aliphatic carbocycles. The molecule has 5 aromatic rings. The zero-order valence-corrected chi connectivity index (χ0v) is 24.3. The largest absolute Gasteiger partial charge is 1.00 e. The van der Waals surface area contributed by atoms with Gasteiger partial charge in [-0.2, -0.15) is 5.10 Å². The number of carbonyl (C=O) groups excluding carboxylic acids is 2. The van der Waals surface area contributed by atoms with Crippen molar-refractivity contribution in [3.8, 4) is 22.4 Å². The number of benzene rings is 3. The van der Waals surface area contributed by atoms with Gasteiger partial charge in [0, 0.05) is 17.2 Å². The average molecular weight is 540 g/mol. The summed E-state index contributed by atoms with van der Waals surface area (Å²) in [5.41, 5.74) is 5.60. The van der Waals surface area contributed by atoms with Gasteiger partial charge in [-0.1, -0.05) is 84.9 Å². The number of aromatic nitrogens is 2. The van der Waals surface area contributed by atoms with Gasteiger partial charge in [0.15, 0.2) is 0 Å². The Morgan fingerprint density at radius 1 is 0.875 bits per heavy atom. The summed E-state index contributed by atoms with van der Waals surface area (Å²) in [5, 5.41) is 19.2. The number of amides is 1. The predicted octanol–water partition coefficient (Wildman–Crippen LogP) is 2.76. The van der Waals surface area contributed by atoms with Crippen LogP contribution in [0, 0.1) is 0 Å². The molecule has 0 aliphatic heterocycles. The van der Waals surface area contributed by atoms with Crippen molar-refractivity contribution < 1.29 is 49.0 Å². The van der Waals surface area contributed by atoms with Crippen molar-refractivity contribution in [1.82, 2.24) is 9.61 Å². The molecule has 0 saturated heterocycles. The second-order valence-electron chi connectivity index (χ2n) is 9.86. The topological polar surface area (TPSA) is 95.8 Å². The average Bonchev–Trinajstić information content (AvgIpc) is 3.71. The Bertz CT molecular complexity index is 1660. The number of fused-ring (bicyclic) bond motifs is 1. The molecule has 8 heteroatoms. The number of hydrogen-bond acceptors (Lipinski definition) is 5. The normalized spacial score (nSPS) is 14.1. The van der Waals surface area contributed by atoms with Crippen molar-refractivity contribution in [3.05, 3.63) is 114 Å². The number of carboxylic acids is 1. The zero-order valence-electron chi connectivity index (χ0n) is 22.3. The minimum Gasteiger partial charge on any atom is -0.549 e. The first-order valence-electron chi connectivity index (χ1n) is 12.9. The van der Waals surface area contributed by atoms with Crippen molar-refractivity contribution >= 4 is 23.3 Å². The molecular weight excluding hydrogens is 513 g/mol. The summed E-state index contributed by atoms with van der Waals surface area (Å²) in [6.45, 7) is 1.83. The Labute approximate surface area is 254 Å². The van der Waals surface area contributed by atoms with Crippen LogP contribution in [-0.2, 0) is 14.9 Å². The third kappa shape index (κ3) is 5.28. The van der Waals surface area contributed by atoms with Gasteiger partial charge in [0.05, 0.1) is 17.2 Å². The number of carboxylic acid groups (broad SMARTS) is 1. The molecule has 6 rings (SSSR count). The summed E-state index contributed by atoms with van der Waals surface area (Å²) < 4.78 is 7.38. The number of rotatable bonds is 7. The molecule has 1 saturated carbocycles. The minimum absolute atomic E-state index is 0. The smallest absolute Gasteiger partial charge is 0.549 e. The van der Waals surface area contributed by atoms with Crippen LogP contribution in [0.15, 0.2) is 103 Å². The van der Waals surface area contributed by atoms with E-state index in [1.54, 1.807) is 4.52 Å². The van der Waals surface area contributed by atoms with Crippen LogP contribution in [0.1, 0.15) is 37.0 Å². The molecule has 1 amide bonds. The Morgan fingerprint density at radius 3 is 2.10 bits per heavy atom. The molecule has 194 valence electrons. The van der Waals surface area contributed by atoms with Crippen LogP contribution >= 0.6 is 0 Å². The molecule has 1 N–H and O–H groups in total. The van der Waals surface area contributed by atoms with E-state index in [2.05, 4.69) is 5.32 Å². The monoisotopic (exact) mass is 539 g/mol. The number of anilines is 1. The summed E-state index contributed by atoms with van der Waals surface area (Å²) in [6.07, 6.45) is 2.10. The van der Waals surface area contributed by atoms with Crippen molar-refractivity contribution in [2.75, 3.05) is 5.32 Å². The van der Waals surface area contributed by atoms with Gasteiger partial charge in [0.1, 0.15) is 11.8 Å². The van der Waals surface area contributed by atoms with E-state index < -0.39 is 23.6 Å². The van der Waals surface area contributed by atoms with E-state index in [4.69, 9.17) is 9.84 Å². The summed E-state index contributed by atoms with van der Waals surface area (Å²) in [6, 6.07) is 30.7. The Morgan fingerprint density at radius 2 is 1.48 bits per heavy atom. The molecule has 0 unspecified atom stereocenters. The van der Waals surface area contributed by atoms with Crippen LogP contribution in [0.25, 0.3) is 27.9 Å². The predicted molar refractivity (Wildman–Crippen MR) is 147 cm³/mol. The number of carbonyl (C=O) groups is 2. The summed E-state index contributed by atoms with van der Waals surface area (Å²) >= 11 is 0. The number of hydrogen-bond donors (Lipinski definition) is 1. The fraction of sp³-hybridized carbons (Fsp3) is 0.156. The zero-order chi connectivity index (χ0) is 27.0. The quantitative estimate of drug-likeness (QED) is 0.321. The molecule has 0 radical (unpaired) electrons. The van der Waals surface area contributed by atoms with Crippen molar-refractivity contribution in [2.24, 2.45) is 0 Å². The first-order valence-corrected chi connectivity index (χ1v) is 12.9. The van der Waals surface area contributed by atoms with E-state index in [1.165, 1.54) is 0 Å². The molecule has 1 aliphatic rings. The Hall–Kier alpha value is -3.91. The van der Waals surface area contributed by atoms with Gasteiger partial charge < -0.3 is 14.6 Å². The first-order chi connectivity index (χ1) is 18.9. The molecular formula is C32H26N3NaO4. The minimum atomic E-state index is -1.00. The third-order valence-corrected chi connectivity index (χ3v) is 7.39. The molecule has 1 atom stereocenters. The molecule has 3 aromatic carbocycles. The fourth-order valence-electron chi connectivity index (χ4n) is 4.95. The summed E-state index contributed by atoms with van der Waals surface area (Å²) in [4.78, 5) is 24.4. The maximum Gasteiger partial charge on any atom is 1.00 e. The first kappa shape index (κ1) is 27.6. The molecule has 0 bridgehead atoms. The van der Waals surface area contributed by atoms with Gasteiger partial charge in [-0.3, -0.25) is 5.32 Å². The van der Waals surface area contributed by atoms with Crippen molar-refractivity contribution in [2.45, 2.75) is 31.3 Å². The van der Waals surface area contributed by atoms with E-state index in [0.29, 0.717) is 24.2 Å². The van der Waals surface area contributed by atoms with E-state index >= 15 is 0 Å². The maximum absolute atomic E-state index is 12.9. The van der Waals surface area contributed by atoms with Crippen LogP contribution in [0.3, 0.4) is 0 Å². The van der Waals surface area contributed by atoms with Gasteiger partial charge in [0.2, 0.25) is 0 Å². The number of ether oxygens (including phenoxy) is 1. The second-order valence-corrected chi connectivity index (χ2v) is 9.86. The van der Waals surface area contributed by atoms with Crippen molar-refractivity contribution in [3.63, 3.8) is 0 Å². The van der Waals surface area contributed by atoms with E-state index in [1.807, 2.05) is 110 Å².